The third kappa shape index (κ3) is 5.59. The number of hydrogen-bond acceptors (Lipinski definition) is 6. The molecule has 0 aliphatic carbocycles. The van der Waals surface area contributed by atoms with Gasteiger partial charge in [-0.3, -0.25) is 19.7 Å². The van der Waals surface area contributed by atoms with E-state index < -0.39 is 42.0 Å². The van der Waals surface area contributed by atoms with Crippen molar-refractivity contribution >= 4 is 34.1 Å². The van der Waals surface area contributed by atoms with Gasteiger partial charge in [-0.2, -0.15) is 13.2 Å². The Morgan fingerprint density at radius 2 is 2.04 bits per heavy atom. The Bertz CT molecular complexity index is 825. The molecule has 1 unspecified atom stereocenters. The van der Waals surface area contributed by atoms with Crippen molar-refractivity contribution < 1.29 is 32.3 Å². The summed E-state index contributed by atoms with van der Waals surface area (Å²) in [6.07, 6.45) is -3.25. The minimum atomic E-state index is -4.66. The number of nitrogens with zero attached hydrogens (tertiary/aromatic N) is 1. The lowest BCUT2D eigenvalue weighted by atomic mass is 10.0. The second-order valence-corrected chi connectivity index (χ2v) is 6.10. The Kier molecular flexibility index (Phi) is 6.64. The van der Waals surface area contributed by atoms with Gasteiger partial charge in [0.05, 0.1) is 5.56 Å². The number of anilines is 1. The molecule has 0 saturated carbocycles. The van der Waals surface area contributed by atoms with E-state index in [0.29, 0.717) is 6.07 Å². The Morgan fingerprint density at radius 1 is 1.30 bits per heavy atom. The van der Waals surface area contributed by atoms with Crippen LogP contribution in [0.5, 0.6) is 0 Å². The van der Waals surface area contributed by atoms with Gasteiger partial charge >= 0.3 is 6.18 Å². The Hall–Kier alpha value is -2.79. The molecular formula is C16H14F3N3O4S. The lowest BCUT2D eigenvalue weighted by Gasteiger charge is -2.17. The first-order valence-corrected chi connectivity index (χ1v) is 8.30. The van der Waals surface area contributed by atoms with Crippen LogP contribution < -0.4 is 10.6 Å². The first kappa shape index (κ1) is 20.5. The third-order valence-electron chi connectivity index (χ3n) is 3.24. The summed E-state index contributed by atoms with van der Waals surface area (Å²) in [6.45, 7) is -0.434. The highest BCUT2D eigenvalue weighted by Gasteiger charge is 2.34. The smallest absolute Gasteiger partial charge is 0.375 e. The van der Waals surface area contributed by atoms with Crippen LogP contribution in [0.4, 0.5) is 18.3 Å². The van der Waals surface area contributed by atoms with Crippen LogP contribution >= 0.6 is 11.3 Å². The van der Waals surface area contributed by atoms with Crippen LogP contribution in [0, 0.1) is 0 Å². The SMILES string of the molecule is COCC(=O)NC(C(=O)Nc1nccs1)C(=O)c1cccc(C(F)(F)F)c1. The van der Waals surface area contributed by atoms with E-state index in [1.54, 1.807) is 5.38 Å². The molecule has 11 heteroatoms. The van der Waals surface area contributed by atoms with E-state index >= 15 is 0 Å². The molecule has 144 valence electrons. The third-order valence-corrected chi connectivity index (χ3v) is 3.93. The number of alkyl halides is 3. The second kappa shape index (κ2) is 8.73. The van der Waals surface area contributed by atoms with Gasteiger partial charge in [0, 0.05) is 24.3 Å². The molecule has 0 aliphatic heterocycles. The number of nitrogens with one attached hydrogen (secondary N) is 2. The number of ketones is 1. The van der Waals surface area contributed by atoms with Crippen LogP contribution in [0.1, 0.15) is 15.9 Å². The number of rotatable bonds is 7. The minimum absolute atomic E-state index is 0.169. The van der Waals surface area contributed by atoms with Gasteiger partial charge in [0.1, 0.15) is 6.61 Å². The van der Waals surface area contributed by atoms with E-state index in [2.05, 4.69) is 20.4 Å². The Balaban J connectivity index is 2.29. The predicted octanol–water partition coefficient (Wildman–Crippen LogP) is 2.11. The average molecular weight is 401 g/mol. The van der Waals surface area contributed by atoms with Gasteiger partial charge in [0.25, 0.3) is 5.91 Å². The van der Waals surface area contributed by atoms with Gasteiger partial charge in [0.2, 0.25) is 5.91 Å². The number of benzene rings is 1. The van der Waals surface area contributed by atoms with Crippen molar-refractivity contribution in [1.29, 1.82) is 0 Å². The number of halogens is 3. The van der Waals surface area contributed by atoms with Crippen LogP contribution in [0.15, 0.2) is 35.8 Å². The summed E-state index contributed by atoms with van der Waals surface area (Å²) in [5, 5.41) is 6.23. The van der Waals surface area contributed by atoms with Crippen molar-refractivity contribution in [2.45, 2.75) is 12.2 Å². The zero-order chi connectivity index (χ0) is 20.0. The quantitative estimate of drug-likeness (QED) is 0.547. The van der Waals surface area contributed by atoms with E-state index in [-0.39, 0.29) is 10.7 Å². The van der Waals surface area contributed by atoms with E-state index in [9.17, 15) is 27.6 Å². The molecule has 0 saturated heterocycles. The van der Waals surface area contributed by atoms with Gasteiger partial charge in [-0.15, -0.1) is 11.3 Å². The summed E-state index contributed by atoms with van der Waals surface area (Å²) in [5.41, 5.74) is -1.42. The summed E-state index contributed by atoms with van der Waals surface area (Å²) in [6, 6.07) is 1.84. The summed E-state index contributed by atoms with van der Waals surface area (Å²) >= 11 is 1.07. The van der Waals surface area contributed by atoms with Gasteiger partial charge in [-0.1, -0.05) is 12.1 Å². The lowest BCUT2D eigenvalue weighted by Crippen LogP contribution is -2.50. The molecule has 7 nitrogen and oxygen atoms in total. The fourth-order valence-electron chi connectivity index (χ4n) is 2.06. The molecule has 2 rings (SSSR count). The summed E-state index contributed by atoms with van der Waals surface area (Å²) < 4.78 is 43.2. The number of methoxy groups -OCH3 is 1. The number of ether oxygens (including phenoxy) is 1. The lowest BCUT2D eigenvalue weighted by molar-refractivity contribution is -0.137. The van der Waals surface area contributed by atoms with Crippen LogP contribution in [0.2, 0.25) is 0 Å². The highest BCUT2D eigenvalue weighted by molar-refractivity contribution is 7.13. The highest BCUT2D eigenvalue weighted by atomic mass is 32.1. The first-order chi connectivity index (χ1) is 12.7. The van der Waals surface area contributed by atoms with E-state index in [1.165, 1.54) is 13.3 Å². The number of hydrogen-bond donors (Lipinski definition) is 2. The van der Waals surface area contributed by atoms with Crippen molar-refractivity contribution in [3.63, 3.8) is 0 Å². The van der Waals surface area contributed by atoms with Crippen LogP contribution in [0.3, 0.4) is 0 Å². The molecule has 2 aromatic rings. The normalized spacial score (nSPS) is 12.3. The maximum atomic E-state index is 12.9. The van der Waals surface area contributed by atoms with Gasteiger partial charge in [-0.25, -0.2) is 4.98 Å². The largest absolute Gasteiger partial charge is 0.416 e. The van der Waals surface area contributed by atoms with Crippen molar-refractivity contribution in [3.05, 3.63) is 47.0 Å². The molecule has 1 aromatic carbocycles. The van der Waals surface area contributed by atoms with Crippen molar-refractivity contribution in [2.24, 2.45) is 0 Å². The van der Waals surface area contributed by atoms with Gasteiger partial charge in [0.15, 0.2) is 17.0 Å². The molecule has 1 heterocycles. The minimum Gasteiger partial charge on any atom is -0.375 e. The molecule has 0 spiro atoms. The summed E-state index contributed by atoms with van der Waals surface area (Å²) in [4.78, 5) is 40.6. The molecule has 2 N–H and O–H groups in total. The maximum absolute atomic E-state index is 12.9. The maximum Gasteiger partial charge on any atom is 0.416 e. The molecule has 1 atom stereocenters. The number of carbonyl (C=O) groups excluding carboxylic acids is 3. The fraction of sp³-hybridized carbons (Fsp3) is 0.250. The highest BCUT2D eigenvalue weighted by Crippen LogP contribution is 2.29. The molecule has 0 fully saturated rings. The monoisotopic (exact) mass is 401 g/mol. The second-order valence-electron chi connectivity index (χ2n) is 5.20. The zero-order valence-corrected chi connectivity index (χ0v) is 14.7. The summed E-state index contributed by atoms with van der Waals surface area (Å²) in [7, 11) is 1.23. The van der Waals surface area contributed by atoms with Crippen molar-refractivity contribution in [3.8, 4) is 0 Å². The standard InChI is InChI=1S/C16H14F3N3O4S/c1-26-8-11(23)21-12(14(25)22-15-20-5-6-27-15)13(24)9-3-2-4-10(7-9)16(17,18)19/h2-7,12H,8H2,1H3,(H,21,23)(H,20,22,25). The number of Topliss-reactive ketones (excluding diaryl/α,β-unsaturated/α-hetero) is 1. The molecule has 0 bridgehead atoms. The number of carbonyl (C=O) groups is 3. The van der Waals surface area contributed by atoms with Crippen molar-refractivity contribution in [1.82, 2.24) is 10.3 Å². The average Bonchev–Trinajstić information content (AvgIpc) is 3.11. The van der Waals surface area contributed by atoms with Crippen LogP contribution in [-0.4, -0.2) is 42.3 Å². The Morgan fingerprint density at radius 3 is 2.63 bits per heavy atom. The first-order valence-electron chi connectivity index (χ1n) is 7.42. The Labute approximate surface area is 155 Å². The van der Waals surface area contributed by atoms with E-state index in [0.717, 1.165) is 29.5 Å². The number of aromatic nitrogens is 1. The number of amides is 2. The van der Waals surface area contributed by atoms with E-state index in [1.807, 2.05) is 0 Å². The molecule has 0 radical (unpaired) electrons. The fourth-order valence-corrected chi connectivity index (χ4v) is 2.59. The topological polar surface area (TPSA) is 97.4 Å². The van der Waals surface area contributed by atoms with Crippen molar-refractivity contribution in [2.75, 3.05) is 19.0 Å². The zero-order valence-electron chi connectivity index (χ0n) is 13.9. The molecule has 1 aromatic heterocycles. The molecule has 0 aliphatic rings. The summed E-state index contributed by atoms with van der Waals surface area (Å²) in [5.74, 6) is -2.71. The van der Waals surface area contributed by atoms with Gasteiger partial charge < -0.3 is 10.1 Å². The number of thiazole rings is 1. The van der Waals surface area contributed by atoms with E-state index in [4.69, 9.17) is 0 Å². The van der Waals surface area contributed by atoms with Crippen LogP contribution in [-0.2, 0) is 20.5 Å². The molecule has 2 amide bonds. The predicted molar refractivity (Wildman–Crippen MR) is 90.3 cm³/mol. The molecule has 27 heavy (non-hydrogen) atoms. The van der Waals surface area contributed by atoms with Gasteiger partial charge in [-0.05, 0) is 12.1 Å². The van der Waals surface area contributed by atoms with Crippen LogP contribution in [0.25, 0.3) is 0 Å². The molecular weight excluding hydrogens is 387 g/mol.